The first-order valence-corrected chi connectivity index (χ1v) is 13.7. The number of hydrogen-bond acceptors (Lipinski definition) is 7. The number of nitrogens with one attached hydrogen (secondary N) is 1. The highest BCUT2D eigenvalue weighted by Gasteiger charge is 2.29. The van der Waals surface area contributed by atoms with Crippen LogP contribution in [-0.2, 0) is 19.3 Å². The van der Waals surface area contributed by atoms with Crippen molar-refractivity contribution >= 4 is 44.0 Å². The molecule has 2 fully saturated rings. The van der Waals surface area contributed by atoms with Crippen molar-refractivity contribution in [3.63, 3.8) is 0 Å². The predicted molar refractivity (Wildman–Crippen MR) is 127 cm³/mol. The molecule has 0 radical (unpaired) electrons. The molecule has 2 atom stereocenters. The smallest absolute Gasteiger partial charge is 0.295 e. The molecule has 2 aromatic heterocycles. The predicted octanol–water partition coefficient (Wildman–Crippen LogP) is 5.72. The molecule has 188 valence electrons. The number of fused-ring (bicyclic) bond motifs is 1. The number of anilines is 2. The standard InChI is InChI=1S/C23H25ClF2N4O4S/c1-35(31,32)17-11-13(16-5-4-10-33-16)7-8-14(17)27-15-12-18(24)28-22-20(15)29-23(21(25)26)30(22)19-6-2-3-9-34-19/h7-8,11-12,16,19,21H,2-6,9-10H2,1H3,(H,27,28)/t16-,19?/m0/s1. The molecule has 12 heteroatoms. The summed E-state index contributed by atoms with van der Waals surface area (Å²) < 4.78 is 66.0. The number of hydrogen-bond donors (Lipinski definition) is 1. The van der Waals surface area contributed by atoms with Crippen molar-refractivity contribution in [1.29, 1.82) is 0 Å². The quantitative estimate of drug-likeness (QED) is 0.410. The molecule has 35 heavy (non-hydrogen) atoms. The Morgan fingerprint density at radius 3 is 2.54 bits per heavy atom. The Kier molecular flexibility index (Phi) is 6.69. The zero-order valence-electron chi connectivity index (χ0n) is 19.0. The Balaban J connectivity index is 1.61. The van der Waals surface area contributed by atoms with E-state index in [4.69, 9.17) is 21.1 Å². The monoisotopic (exact) mass is 526 g/mol. The summed E-state index contributed by atoms with van der Waals surface area (Å²) in [6.07, 6.45) is 1.41. The zero-order chi connectivity index (χ0) is 24.7. The van der Waals surface area contributed by atoms with Gasteiger partial charge in [0.1, 0.15) is 16.9 Å². The van der Waals surface area contributed by atoms with Crippen LogP contribution < -0.4 is 5.32 Å². The van der Waals surface area contributed by atoms with E-state index in [0.717, 1.165) is 37.5 Å². The van der Waals surface area contributed by atoms with Crippen LogP contribution in [0, 0.1) is 0 Å². The molecule has 0 amide bonds. The fourth-order valence-corrected chi connectivity index (χ4v) is 5.70. The van der Waals surface area contributed by atoms with Crippen LogP contribution >= 0.6 is 11.6 Å². The van der Waals surface area contributed by atoms with Crippen molar-refractivity contribution in [3.8, 4) is 0 Å². The Bertz CT molecular complexity index is 1350. The number of alkyl halides is 2. The Labute approximate surface area is 206 Å². The first kappa shape index (κ1) is 24.4. The van der Waals surface area contributed by atoms with Crippen LogP contribution in [0.4, 0.5) is 20.2 Å². The van der Waals surface area contributed by atoms with E-state index in [1.807, 2.05) is 0 Å². The molecule has 0 aliphatic carbocycles. The Morgan fingerprint density at radius 1 is 1.09 bits per heavy atom. The van der Waals surface area contributed by atoms with E-state index in [0.29, 0.717) is 19.6 Å². The molecule has 1 N–H and O–H groups in total. The first-order valence-electron chi connectivity index (χ1n) is 11.4. The minimum atomic E-state index is -3.63. The molecule has 2 aliphatic heterocycles. The van der Waals surface area contributed by atoms with Gasteiger partial charge in [-0.3, -0.25) is 4.57 Å². The van der Waals surface area contributed by atoms with E-state index in [9.17, 15) is 17.2 Å². The maximum Gasteiger partial charge on any atom is 0.295 e. The maximum absolute atomic E-state index is 14.0. The molecular weight excluding hydrogens is 502 g/mol. The van der Waals surface area contributed by atoms with Gasteiger partial charge in [0.15, 0.2) is 21.3 Å². The number of benzene rings is 1. The summed E-state index contributed by atoms with van der Waals surface area (Å²) in [6.45, 7) is 1.08. The van der Waals surface area contributed by atoms with Gasteiger partial charge in [-0.1, -0.05) is 17.7 Å². The molecule has 2 saturated heterocycles. The highest BCUT2D eigenvalue weighted by atomic mass is 35.5. The normalized spacial score (nSPS) is 21.2. The van der Waals surface area contributed by atoms with Gasteiger partial charge in [-0.05, 0) is 49.8 Å². The molecule has 4 heterocycles. The van der Waals surface area contributed by atoms with Gasteiger partial charge >= 0.3 is 0 Å². The molecule has 5 rings (SSSR count). The van der Waals surface area contributed by atoms with Crippen LogP contribution in [0.25, 0.3) is 11.2 Å². The summed E-state index contributed by atoms with van der Waals surface area (Å²) in [6, 6.07) is 6.47. The van der Waals surface area contributed by atoms with Crippen molar-refractivity contribution < 1.29 is 26.7 Å². The minimum Gasteiger partial charge on any atom is -0.374 e. The topological polar surface area (TPSA) is 95.3 Å². The number of sulfone groups is 1. The van der Waals surface area contributed by atoms with E-state index < -0.39 is 28.3 Å². The molecule has 0 bridgehead atoms. The summed E-state index contributed by atoms with van der Waals surface area (Å²) in [7, 11) is -3.63. The number of halogens is 3. The molecular formula is C23H25ClF2N4O4S. The molecule has 0 saturated carbocycles. The van der Waals surface area contributed by atoms with Crippen molar-refractivity contribution in [3.05, 3.63) is 40.8 Å². The highest BCUT2D eigenvalue weighted by molar-refractivity contribution is 7.90. The second-order valence-corrected chi connectivity index (χ2v) is 11.2. The molecule has 1 unspecified atom stereocenters. The second kappa shape index (κ2) is 9.61. The first-order chi connectivity index (χ1) is 16.7. The van der Waals surface area contributed by atoms with Crippen molar-refractivity contribution in [2.45, 2.75) is 55.8 Å². The summed E-state index contributed by atoms with van der Waals surface area (Å²) in [5, 5.41) is 3.11. The van der Waals surface area contributed by atoms with Crippen LogP contribution in [0.2, 0.25) is 5.15 Å². The summed E-state index contributed by atoms with van der Waals surface area (Å²) >= 11 is 6.28. The summed E-state index contributed by atoms with van der Waals surface area (Å²) in [4.78, 5) is 8.51. The zero-order valence-corrected chi connectivity index (χ0v) is 20.6. The third-order valence-corrected chi connectivity index (χ3v) is 7.59. The lowest BCUT2D eigenvalue weighted by molar-refractivity contribution is -0.0363. The van der Waals surface area contributed by atoms with E-state index in [1.165, 1.54) is 10.6 Å². The van der Waals surface area contributed by atoms with Gasteiger partial charge in [0.05, 0.1) is 22.4 Å². The number of aromatic nitrogens is 3. The average molecular weight is 527 g/mol. The largest absolute Gasteiger partial charge is 0.374 e. The van der Waals surface area contributed by atoms with Gasteiger partial charge in [-0.25, -0.2) is 27.2 Å². The maximum atomic E-state index is 14.0. The Hall–Kier alpha value is -2.34. The van der Waals surface area contributed by atoms with Crippen molar-refractivity contribution in [2.75, 3.05) is 24.8 Å². The number of pyridine rings is 1. The Morgan fingerprint density at radius 2 is 1.89 bits per heavy atom. The third-order valence-electron chi connectivity index (χ3n) is 6.26. The number of nitrogens with zero attached hydrogens (tertiary/aromatic N) is 3. The lowest BCUT2D eigenvalue weighted by Crippen LogP contribution is -2.20. The van der Waals surface area contributed by atoms with Crippen LogP contribution in [0.15, 0.2) is 29.2 Å². The van der Waals surface area contributed by atoms with E-state index in [-0.39, 0.29) is 38.7 Å². The van der Waals surface area contributed by atoms with Gasteiger partial charge in [0.25, 0.3) is 6.43 Å². The van der Waals surface area contributed by atoms with Crippen LogP contribution in [-0.4, -0.2) is 42.4 Å². The van der Waals surface area contributed by atoms with Crippen LogP contribution in [0.5, 0.6) is 0 Å². The lowest BCUT2D eigenvalue weighted by Gasteiger charge is -2.25. The van der Waals surface area contributed by atoms with Gasteiger partial charge < -0.3 is 14.8 Å². The van der Waals surface area contributed by atoms with E-state index >= 15 is 0 Å². The number of imidazole rings is 1. The fourth-order valence-electron chi connectivity index (χ4n) is 4.64. The number of rotatable bonds is 6. The van der Waals surface area contributed by atoms with E-state index in [1.54, 1.807) is 18.2 Å². The van der Waals surface area contributed by atoms with Gasteiger partial charge in [0.2, 0.25) is 0 Å². The highest BCUT2D eigenvalue weighted by Crippen LogP contribution is 2.38. The minimum absolute atomic E-state index is 0.0506. The molecule has 1 aromatic carbocycles. The van der Waals surface area contributed by atoms with Crippen LogP contribution in [0.1, 0.15) is 62.2 Å². The molecule has 0 spiro atoms. The second-order valence-electron chi connectivity index (χ2n) is 8.78. The number of ether oxygens (including phenoxy) is 2. The van der Waals surface area contributed by atoms with Gasteiger partial charge in [-0.2, -0.15) is 0 Å². The fraction of sp³-hybridized carbons (Fsp3) is 0.478. The van der Waals surface area contributed by atoms with E-state index in [2.05, 4.69) is 15.3 Å². The van der Waals surface area contributed by atoms with Crippen molar-refractivity contribution in [2.24, 2.45) is 0 Å². The molecule has 2 aliphatic rings. The summed E-state index contributed by atoms with van der Waals surface area (Å²) in [5.74, 6) is -0.471. The van der Waals surface area contributed by atoms with Gasteiger partial charge in [0, 0.05) is 25.5 Å². The average Bonchev–Trinajstić information content (AvgIpc) is 3.48. The van der Waals surface area contributed by atoms with Crippen LogP contribution in [0.3, 0.4) is 0 Å². The lowest BCUT2D eigenvalue weighted by atomic mass is 10.1. The third kappa shape index (κ3) is 4.87. The van der Waals surface area contributed by atoms with Gasteiger partial charge in [-0.15, -0.1) is 0 Å². The molecule has 8 nitrogen and oxygen atoms in total. The summed E-state index contributed by atoms with van der Waals surface area (Å²) in [5.41, 5.74) is 1.62. The molecule has 3 aromatic rings. The van der Waals surface area contributed by atoms with Crippen molar-refractivity contribution in [1.82, 2.24) is 14.5 Å². The SMILES string of the molecule is CS(=O)(=O)c1cc([C@@H]2CCCO2)ccc1Nc1cc(Cl)nc2c1nc(C(F)F)n2C1CCCCO1.